The standard InChI is InChI=1S/C13H18F2N2O/c1-8-2-3-10(14)11(12(8)15)13(17-16)9-4-6-18-7-5-9/h2-3,9,13,17H,4-7,16H2,1H3. The fraction of sp³-hybridized carbons (Fsp3) is 0.538. The molecule has 0 saturated carbocycles. The summed E-state index contributed by atoms with van der Waals surface area (Å²) < 4.78 is 33.2. The maximum absolute atomic E-state index is 14.1. The average Bonchev–Trinajstić information content (AvgIpc) is 2.40. The number of aryl methyl sites for hydroxylation is 1. The fourth-order valence-corrected chi connectivity index (χ4v) is 2.47. The van der Waals surface area contributed by atoms with Crippen LogP contribution in [0, 0.1) is 24.5 Å². The summed E-state index contributed by atoms with van der Waals surface area (Å²) in [6.07, 6.45) is 1.50. The van der Waals surface area contributed by atoms with Gasteiger partial charge in [-0.05, 0) is 37.3 Å². The summed E-state index contributed by atoms with van der Waals surface area (Å²) in [6.45, 7) is 2.84. The van der Waals surface area contributed by atoms with E-state index < -0.39 is 17.7 Å². The number of nitrogens with two attached hydrogens (primary N) is 1. The molecule has 2 rings (SSSR count). The summed E-state index contributed by atoms with van der Waals surface area (Å²) in [6, 6.07) is 2.22. The third kappa shape index (κ3) is 2.53. The van der Waals surface area contributed by atoms with Gasteiger partial charge in [-0.25, -0.2) is 8.78 Å². The first-order valence-corrected chi connectivity index (χ1v) is 6.13. The molecule has 1 heterocycles. The Morgan fingerprint density at radius 1 is 1.33 bits per heavy atom. The lowest BCUT2D eigenvalue weighted by molar-refractivity contribution is 0.0526. The van der Waals surface area contributed by atoms with Crippen LogP contribution in [-0.2, 0) is 4.74 Å². The van der Waals surface area contributed by atoms with Crippen molar-refractivity contribution >= 4 is 0 Å². The predicted octanol–water partition coefficient (Wildman–Crippen LogP) is 2.20. The smallest absolute Gasteiger partial charge is 0.133 e. The van der Waals surface area contributed by atoms with Crippen molar-refractivity contribution in [1.29, 1.82) is 0 Å². The zero-order chi connectivity index (χ0) is 13.1. The molecule has 0 aliphatic carbocycles. The molecule has 0 bridgehead atoms. The molecule has 0 radical (unpaired) electrons. The van der Waals surface area contributed by atoms with Crippen LogP contribution < -0.4 is 11.3 Å². The van der Waals surface area contributed by atoms with Gasteiger partial charge in [0.25, 0.3) is 0 Å². The quantitative estimate of drug-likeness (QED) is 0.644. The summed E-state index contributed by atoms with van der Waals surface area (Å²) in [5, 5.41) is 0. The van der Waals surface area contributed by atoms with Gasteiger partial charge in [0.2, 0.25) is 0 Å². The highest BCUT2D eigenvalue weighted by atomic mass is 19.1. The van der Waals surface area contributed by atoms with E-state index in [4.69, 9.17) is 10.6 Å². The lowest BCUT2D eigenvalue weighted by Crippen LogP contribution is -2.37. The summed E-state index contributed by atoms with van der Waals surface area (Å²) in [7, 11) is 0. The SMILES string of the molecule is Cc1ccc(F)c(C(NN)C2CCOCC2)c1F. The van der Waals surface area contributed by atoms with Gasteiger partial charge in [-0.1, -0.05) is 6.07 Å². The van der Waals surface area contributed by atoms with Crippen molar-refractivity contribution in [3.63, 3.8) is 0 Å². The molecule has 1 unspecified atom stereocenters. The van der Waals surface area contributed by atoms with E-state index >= 15 is 0 Å². The van der Waals surface area contributed by atoms with E-state index in [0.717, 1.165) is 12.8 Å². The Labute approximate surface area is 105 Å². The molecule has 1 fully saturated rings. The molecular weight excluding hydrogens is 238 g/mol. The van der Waals surface area contributed by atoms with E-state index in [-0.39, 0.29) is 11.5 Å². The fourth-order valence-electron chi connectivity index (χ4n) is 2.47. The Bertz CT molecular complexity index is 420. The Hall–Kier alpha value is -1.04. The molecule has 3 nitrogen and oxygen atoms in total. The molecule has 1 saturated heterocycles. The van der Waals surface area contributed by atoms with Crippen molar-refractivity contribution in [1.82, 2.24) is 5.43 Å². The molecule has 1 aromatic carbocycles. The number of halogens is 2. The second-order valence-electron chi connectivity index (χ2n) is 4.69. The van der Waals surface area contributed by atoms with Crippen LogP contribution in [0.1, 0.15) is 30.0 Å². The molecule has 0 amide bonds. The van der Waals surface area contributed by atoms with Crippen LogP contribution >= 0.6 is 0 Å². The number of nitrogens with one attached hydrogen (secondary N) is 1. The molecular formula is C13H18F2N2O. The van der Waals surface area contributed by atoms with Gasteiger partial charge in [-0.15, -0.1) is 0 Å². The summed E-state index contributed by atoms with van der Waals surface area (Å²) in [5.41, 5.74) is 3.04. The maximum atomic E-state index is 14.1. The first kappa shape index (κ1) is 13.4. The van der Waals surface area contributed by atoms with Gasteiger partial charge in [-0.2, -0.15) is 0 Å². The van der Waals surface area contributed by atoms with Gasteiger partial charge in [-0.3, -0.25) is 11.3 Å². The average molecular weight is 256 g/mol. The summed E-state index contributed by atoms with van der Waals surface area (Å²) in [4.78, 5) is 0. The van der Waals surface area contributed by atoms with E-state index in [9.17, 15) is 8.78 Å². The van der Waals surface area contributed by atoms with Crippen molar-refractivity contribution < 1.29 is 13.5 Å². The minimum absolute atomic E-state index is 0.0457. The third-order valence-electron chi connectivity index (χ3n) is 3.55. The normalized spacial score (nSPS) is 18.9. The largest absolute Gasteiger partial charge is 0.381 e. The molecule has 5 heteroatoms. The Kier molecular flexibility index (Phi) is 4.27. The minimum atomic E-state index is -0.549. The zero-order valence-electron chi connectivity index (χ0n) is 10.4. The number of ether oxygens (including phenoxy) is 1. The first-order chi connectivity index (χ1) is 8.65. The number of rotatable bonds is 3. The maximum Gasteiger partial charge on any atom is 0.133 e. The molecule has 0 aromatic heterocycles. The monoisotopic (exact) mass is 256 g/mol. The Balaban J connectivity index is 2.34. The zero-order valence-corrected chi connectivity index (χ0v) is 10.4. The molecule has 18 heavy (non-hydrogen) atoms. The number of hydrazine groups is 1. The lowest BCUT2D eigenvalue weighted by Gasteiger charge is -2.30. The van der Waals surface area contributed by atoms with E-state index in [1.807, 2.05) is 0 Å². The highest BCUT2D eigenvalue weighted by Gasteiger charge is 2.29. The van der Waals surface area contributed by atoms with Crippen molar-refractivity contribution in [3.8, 4) is 0 Å². The molecule has 0 spiro atoms. The summed E-state index contributed by atoms with van der Waals surface area (Å²) in [5.74, 6) is 4.53. The first-order valence-electron chi connectivity index (χ1n) is 6.13. The van der Waals surface area contributed by atoms with Gasteiger partial charge < -0.3 is 4.74 Å². The van der Waals surface area contributed by atoms with Gasteiger partial charge in [0, 0.05) is 18.8 Å². The van der Waals surface area contributed by atoms with Gasteiger partial charge >= 0.3 is 0 Å². The Morgan fingerprint density at radius 3 is 2.61 bits per heavy atom. The van der Waals surface area contributed by atoms with Crippen molar-refractivity contribution in [2.75, 3.05) is 13.2 Å². The van der Waals surface area contributed by atoms with Crippen LogP contribution in [0.5, 0.6) is 0 Å². The minimum Gasteiger partial charge on any atom is -0.381 e. The summed E-state index contributed by atoms with van der Waals surface area (Å²) >= 11 is 0. The molecule has 1 atom stereocenters. The van der Waals surface area contributed by atoms with Crippen LogP contribution in [0.3, 0.4) is 0 Å². The Morgan fingerprint density at radius 2 is 2.00 bits per heavy atom. The van der Waals surface area contributed by atoms with Gasteiger partial charge in [0.15, 0.2) is 0 Å². The highest BCUT2D eigenvalue weighted by Crippen LogP contribution is 2.33. The second kappa shape index (κ2) is 5.73. The van der Waals surface area contributed by atoms with Crippen LogP contribution in [0.15, 0.2) is 12.1 Å². The number of hydrogen-bond donors (Lipinski definition) is 2. The van der Waals surface area contributed by atoms with Crippen molar-refractivity contribution in [2.24, 2.45) is 11.8 Å². The van der Waals surface area contributed by atoms with E-state index in [2.05, 4.69) is 5.43 Å². The van der Waals surface area contributed by atoms with E-state index in [1.165, 1.54) is 12.1 Å². The predicted molar refractivity (Wildman–Crippen MR) is 64.7 cm³/mol. The number of benzene rings is 1. The van der Waals surface area contributed by atoms with E-state index in [0.29, 0.717) is 18.8 Å². The second-order valence-corrected chi connectivity index (χ2v) is 4.69. The van der Waals surface area contributed by atoms with Crippen molar-refractivity contribution in [3.05, 3.63) is 34.9 Å². The highest BCUT2D eigenvalue weighted by molar-refractivity contribution is 5.29. The van der Waals surface area contributed by atoms with E-state index in [1.54, 1.807) is 6.92 Å². The van der Waals surface area contributed by atoms with Gasteiger partial charge in [0.1, 0.15) is 11.6 Å². The molecule has 1 aliphatic heterocycles. The van der Waals surface area contributed by atoms with Crippen LogP contribution in [0.2, 0.25) is 0 Å². The molecule has 1 aromatic rings. The molecule has 1 aliphatic rings. The van der Waals surface area contributed by atoms with Crippen LogP contribution in [-0.4, -0.2) is 13.2 Å². The third-order valence-corrected chi connectivity index (χ3v) is 3.55. The van der Waals surface area contributed by atoms with Crippen LogP contribution in [0.4, 0.5) is 8.78 Å². The molecule has 100 valence electrons. The number of hydrogen-bond acceptors (Lipinski definition) is 3. The van der Waals surface area contributed by atoms with Gasteiger partial charge in [0.05, 0.1) is 6.04 Å². The van der Waals surface area contributed by atoms with Crippen molar-refractivity contribution in [2.45, 2.75) is 25.8 Å². The lowest BCUT2D eigenvalue weighted by atomic mass is 9.86. The topological polar surface area (TPSA) is 47.3 Å². The molecule has 3 N–H and O–H groups in total. The van der Waals surface area contributed by atoms with Crippen LogP contribution in [0.25, 0.3) is 0 Å².